The number of hydrogen-bond acceptors (Lipinski definition) is 4. The summed E-state index contributed by atoms with van der Waals surface area (Å²) in [5.41, 5.74) is 4.02. The normalized spacial score (nSPS) is 31.4. The molecular formula is C14H20N4. The fourth-order valence-electron chi connectivity index (χ4n) is 3.08. The zero-order valence-corrected chi connectivity index (χ0v) is 10.5. The van der Waals surface area contributed by atoms with E-state index >= 15 is 0 Å². The summed E-state index contributed by atoms with van der Waals surface area (Å²) in [7, 11) is 0. The molecule has 3 atom stereocenters. The van der Waals surface area contributed by atoms with Crippen LogP contribution in [-0.2, 0) is 0 Å². The molecule has 0 spiro atoms. The summed E-state index contributed by atoms with van der Waals surface area (Å²) < 4.78 is 0. The molecule has 3 rings (SSSR count). The van der Waals surface area contributed by atoms with Gasteiger partial charge in [0.1, 0.15) is 12.0 Å². The quantitative estimate of drug-likeness (QED) is 0.520. The first-order valence-corrected chi connectivity index (χ1v) is 6.74. The Bertz CT molecular complexity index is 429. The van der Waals surface area contributed by atoms with Crippen LogP contribution in [-0.4, -0.2) is 11.9 Å². The summed E-state index contributed by atoms with van der Waals surface area (Å²) in [6.07, 6.45) is 5.01. The van der Waals surface area contributed by atoms with Crippen molar-refractivity contribution in [1.29, 1.82) is 0 Å². The molecule has 1 aromatic rings. The van der Waals surface area contributed by atoms with Crippen molar-refractivity contribution in [3.8, 4) is 0 Å². The fourth-order valence-corrected chi connectivity index (χ4v) is 3.08. The molecule has 18 heavy (non-hydrogen) atoms. The average molecular weight is 244 g/mol. The number of nitrogens with zero attached hydrogens (tertiary/aromatic N) is 1. The third kappa shape index (κ3) is 2.13. The predicted molar refractivity (Wildman–Crippen MR) is 72.8 cm³/mol. The standard InChI is InChI=1S/C14H20N4/c15-18-14-11-8-4-5-9-12(11)16-13(17-14)10-6-2-1-3-7-10/h1-3,6-7,11-13,16H,4-5,8-9,15H2,(H,17,18). The first-order valence-electron chi connectivity index (χ1n) is 6.74. The number of hydrogen-bond donors (Lipinski definition) is 3. The number of nitrogens with two attached hydrogens (primary N) is 1. The summed E-state index contributed by atoms with van der Waals surface area (Å²) in [5.74, 6) is 7.07. The number of aliphatic imine (C=N–C) groups is 1. The van der Waals surface area contributed by atoms with Crippen molar-refractivity contribution >= 4 is 5.84 Å². The zero-order chi connectivity index (χ0) is 12.4. The lowest BCUT2D eigenvalue weighted by atomic mass is 9.82. The van der Waals surface area contributed by atoms with Crippen LogP contribution in [0.5, 0.6) is 0 Å². The summed E-state index contributed by atoms with van der Waals surface area (Å²) in [6, 6.07) is 10.9. The molecular weight excluding hydrogens is 224 g/mol. The van der Waals surface area contributed by atoms with Crippen LogP contribution >= 0.6 is 0 Å². The van der Waals surface area contributed by atoms with Crippen molar-refractivity contribution in [2.75, 3.05) is 0 Å². The number of rotatable bonds is 1. The lowest BCUT2D eigenvalue weighted by Gasteiger charge is -2.39. The maximum Gasteiger partial charge on any atom is 0.127 e. The van der Waals surface area contributed by atoms with Gasteiger partial charge in [0.15, 0.2) is 0 Å². The van der Waals surface area contributed by atoms with Gasteiger partial charge in [-0.2, -0.15) is 0 Å². The van der Waals surface area contributed by atoms with Gasteiger partial charge in [0.2, 0.25) is 0 Å². The Morgan fingerprint density at radius 3 is 2.72 bits per heavy atom. The first-order chi connectivity index (χ1) is 8.88. The second kappa shape index (κ2) is 5.08. The largest absolute Gasteiger partial charge is 0.312 e. The third-order valence-corrected chi connectivity index (χ3v) is 4.02. The van der Waals surface area contributed by atoms with Gasteiger partial charge >= 0.3 is 0 Å². The van der Waals surface area contributed by atoms with Crippen molar-refractivity contribution in [3.63, 3.8) is 0 Å². The summed E-state index contributed by atoms with van der Waals surface area (Å²) in [5, 5.41) is 3.65. The highest BCUT2D eigenvalue weighted by atomic mass is 15.3. The van der Waals surface area contributed by atoms with Crippen LogP contribution in [0.25, 0.3) is 0 Å². The fraction of sp³-hybridized carbons (Fsp3) is 0.500. The van der Waals surface area contributed by atoms with E-state index in [1.807, 2.05) is 6.07 Å². The van der Waals surface area contributed by atoms with Gasteiger partial charge < -0.3 is 5.43 Å². The third-order valence-electron chi connectivity index (χ3n) is 4.02. The molecule has 1 aromatic carbocycles. The number of benzene rings is 1. The van der Waals surface area contributed by atoms with Gasteiger partial charge in [0, 0.05) is 12.0 Å². The average Bonchev–Trinajstić information content (AvgIpc) is 2.47. The number of nitrogens with one attached hydrogen (secondary N) is 2. The Morgan fingerprint density at radius 1 is 1.17 bits per heavy atom. The second-order valence-corrected chi connectivity index (χ2v) is 5.14. The van der Waals surface area contributed by atoms with Crippen LogP contribution in [0.15, 0.2) is 35.3 Å². The van der Waals surface area contributed by atoms with Gasteiger partial charge in [0.05, 0.1) is 0 Å². The van der Waals surface area contributed by atoms with E-state index in [9.17, 15) is 0 Å². The minimum absolute atomic E-state index is 0.0385. The van der Waals surface area contributed by atoms with E-state index in [0.29, 0.717) is 12.0 Å². The van der Waals surface area contributed by atoms with Gasteiger partial charge in [0.25, 0.3) is 0 Å². The lowest BCUT2D eigenvalue weighted by Crippen LogP contribution is -2.53. The van der Waals surface area contributed by atoms with E-state index in [-0.39, 0.29) is 6.17 Å². The molecule has 1 aliphatic heterocycles. The van der Waals surface area contributed by atoms with Crippen LogP contribution in [0.3, 0.4) is 0 Å². The van der Waals surface area contributed by atoms with Gasteiger partial charge in [-0.25, -0.2) is 10.8 Å². The van der Waals surface area contributed by atoms with Crippen LogP contribution in [0.4, 0.5) is 0 Å². The molecule has 2 aliphatic rings. The van der Waals surface area contributed by atoms with Crippen molar-refractivity contribution in [2.45, 2.75) is 37.9 Å². The summed E-state index contributed by atoms with van der Waals surface area (Å²) in [6.45, 7) is 0. The molecule has 0 amide bonds. The summed E-state index contributed by atoms with van der Waals surface area (Å²) >= 11 is 0. The van der Waals surface area contributed by atoms with Crippen molar-refractivity contribution in [2.24, 2.45) is 16.8 Å². The molecule has 1 fully saturated rings. The monoisotopic (exact) mass is 244 g/mol. The highest BCUT2D eigenvalue weighted by Crippen LogP contribution is 2.31. The SMILES string of the molecule is NNC1=NC(c2ccccc2)NC2CCCCC12. The lowest BCUT2D eigenvalue weighted by molar-refractivity contribution is 0.274. The highest BCUT2D eigenvalue weighted by molar-refractivity contribution is 5.85. The molecule has 4 N–H and O–H groups in total. The minimum Gasteiger partial charge on any atom is -0.312 e. The van der Waals surface area contributed by atoms with Crippen LogP contribution in [0, 0.1) is 5.92 Å². The Kier molecular flexibility index (Phi) is 3.30. The van der Waals surface area contributed by atoms with Gasteiger partial charge in [-0.15, -0.1) is 0 Å². The molecule has 0 bridgehead atoms. The molecule has 3 unspecified atom stereocenters. The molecule has 1 heterocycles. The maximum absolute atomic E-state index is 5.64. The molecule has 1 aliphatic carbocycles. The van der Waals surface area contributed by atoms with Crippen molar-refractivity contribution in [3.05, 3.63) is 35.9 Å². The Hall–Kier alpha value is -1.39. The molecule has 0 aromatic heterocycles. The van der Waals surface area contributed by atoms with E-state index in [1.165, 1.54) is 31.2 Å². The minimum atomic E-state index is 0.0385. The Labute approximate surface area is 108 Å². The summed E-state index contributed by atoms with van der Waals surface area (Å²) in [4.78, 5) is 4.72. The van der Waals surface area contributed by atoms with Crippen LogP contribution in [0.2, 0.25) is 0 Å². The smallest absolute Gasteiger partial charge is 0.127 e. The van der Waals surface area contributed by atoms with E-state index < -0.39 is 0 Å². The molecule has 4 heteroatoms. The molecule has 96 valence electrons. The van der Waals surface area contributed by atoms with Gasteiger partial charge in [-0.3, -0.25) is 5.32 Å². The zero-order valence-electron chi connectivity index (χ0n) is 10.5. The number of fused-ring (bicyclic) bond motifs is 1. The Morgan fingerprint density at radius 2 is 1.94 bits per heavy atom. The van der Waals surface area contributed by atoms with E-state index in [1.54, 1.807) is 0 Å². The Balaban J connectivity index is 1.88. The van der Waals surface area contributed by atoms with Crippen LogP contribution in [0.1, 0.15) is 37.4 Å². The molecule has 0 saturated heterocycles. The number of amidine groups is 1. The molecule has 1 saturated carbocycles. The first kappa shape index (κ1) is 11.7. The van der Waals surface area contributed by atoms with E-state index in [2.05, 4.69) is 35.0 Å². The second-order valence-electron chi connectivity index (χ2n) is 5.14. The van der Waals surface area contributed by atoms with Gasteiger partial charge in [-0.1, -0.05) is 43.2 Å². The maximum atomic E-state index is 5.64. The topological polar surface area (TPSA) is 62.4 Å². The number of hydrazine groups is 1. The van der Waals surface area contributed by atoms with Crippen molar-refractivity contribution < 1.29 is 0 Å². The van der Waals surface area contributed by atoms with Gasteiger partial charge in [-0.05, 0) is 18.4 Å². The predicted octanol–water partition coefficient (Wildman–Crippen LogP) is 1.71. The molecule has 4 nitrogen and oxygen atoms in total. The van der Waals surface area contributed by atoms with Crippen LogP contribution < -0.4 is 16.6 Å². The van der Waals surface area contributed by atoms with Crippen molar-refractivity contribution in [1.82, 2.24) is 10.7 Å². The highest BCUT2D eigenvalue weighted by Gasteiger charge is 2.34. The van der Waals surface area contributed by atoms with E-state index in [0.717, 1.165) is 5.84 Å². The van der Waals surface area contributed by atoms with E-state index in [4.69, 9.17) is 10.8 Å². The molecule has 0 radical (unpaired) electrons.